The van der Waals surface area contributed by atoms with Gasteiger partial charge in [-0.3, -0.25) is 10.1 Å². The van der Waals surface area contributed by atoms with Crippen LogP contribution in [0, 0.1) is 17.4 Å². The summed E-state index contributed by atoms with van der Waals surface area (Å²) in [5, 5.41) is 9.92. The molecule has 0 spiro atoms. The Kier molecular flexibility index (Phi) is 2.63. The molecule has 0 aliphatic carbocycles. The Morgan fingerprint density at radius 1 is 1.75 bits per heavy atom. The van der Waals surface area contributed by atoms with Gasteiger partial charge in [0.25, 0.3) is 0 Å². The van der Waals surface area contributed by atoms with Gasteiger partial charge in [-0.15, -0.1) is 0 Å². The Morgan fingerprint density at radius 2 is 2.25 bits per heavy atom. The second-order valence-corrected chi connectivity index (χ2v) is 1.76. The van der Waals surface area contributed by atoms with Crippen molar-refractivity contribution in [2.24, 2.45) is 5.92 Å². The monoisotopic (exact) mass is 112 g/mol. The first kappa shape index (κ1) is 6.96. The van der Waals surface area contributed by atoms with E-state index in [4.69, 9.17) is 5.26 Å². The molecule has 0 aliphatic rings. The number of carbonyl (C=O) groups is 1. The first-order valence-corrected chi connectivity index (χ1v) is 2.37. The maximum Gasteiger partial charge on any atom is 0.235 e. The molecular weight excluding hydrogens is 104 g/mol. The highest BCUT2D eigenvalue weighted by molar-refractivity contribution is 5.79. The molecule has 0 aromatic rings. The van der Waals surface area contributed by atoms with Crippen molar-refractivity contribution < 1.29 is 4.79 Å². The second kappa shape index (κ2) is 3.03. The van der Waals surface area contributed by atoms with E-state index in [2.05, 4.69) is 0 Å². The number of hydrogen-bond donors (Lipinski definition) is 1. The molecule has 0 aromatic heterocycles. The fourth-order valence-corrected chi connectivity index (χ4v) is 0.199. The third kappa shape index (κ3) is 2.19. The number of hydrogen-bond acceptors (Lipinski definition) is 2. The van der Waals surface area contributed by atoms with Crippen molar-refractivity contribution in [3.63, 3.8) is 0 Å². The summed E-state index contributed by atoms with van der Waals surface area (Å²) in [6, 6.07) is 0. The Labute approximate surface area is 48.3 Å². The molecule has 1 N–H and O–H groups in total. The van der Waals surface area contributed by atoms with Crippen LogP contribution in [0.25, 0.3) is 0 Å². The van der Waals surface area contributed by atoms with E-state index in [1.165, 1.54) is 0 Å². The minimum Gasteiger partial charge on any atom is -0.274 e. The highest BCUT2D eigenvalue weighted by atomic mass is 16.1. The summed E-state index contributed by atoms with van der Waals surface area (Å²) in [5.41, 5.74) is 0. The minimum absolute atomic E-state index is 0.102. The first-order chi connectivity index (χ1) is 3.68. The lowest BCUT2D eigenvalue weighted by Crippen LogP contribution is -2.22. The molecule has 0 saturated carbocycles. The van der Waals surface area contributed by atoms with E-state index < -0.39 is 0 Å². The van der Waals surface area contributed by atoms with Gasteiger partial charge in [-0.2, -0.15) is 5.26 Å². The number of nitrogens with one attached hydrogen (secondary N) is 1. The van der Waals surface area contributed by atoms with Crippen LogP contribution < -0.4 is 5.32 Å². The molecule has 3 heteroatoms. The van der Waals surface area contributed by atoms with E-state index in [-0.39, 0.29) is 11.8 Å². The number of nitrogens with zero attached hydrogens (tertiary/aromatic N) is 1. The largest absolute Gasteiger partial charge is 0.274 e. The Balaban J connectivity index is 3.53. The lowest BCUT2D eigenvalue weighted by Gasteiger charge is -1.96. The molecule has 0 unspecified atom stereocenters. The average Bonchev–Trinajstić information content (AvgIpc) is 1.67. The fourth-order valence-electron chi connectivity index (χ4n) is 0.199. The van der Waals surface area contributed by atoms with Crippen LogP contribution in [0.1, 0.15) is 13.8 Å². The number of nitriles is 1. The summed E-state index contributed by atoms with van der Waals surface area (Å²) in [4.78, 5) is 10.4. The van der Waals surface area contributed by atoms with E-state index in [9.17, 15) is 4.79 Å². The number of rotatable bonds is 1. The molecule has 0 bridgehead atoms. The zero-order chi connectivity index (χ0) is 6.57. The van der Waals surface area contributed by atoms with Crippen LogP contribution >= 0.6 is 0 Å². The van der Waals surface area contributed by atoms with Crippen molar-refractivity contribution in [1.82, 2.24) is 5.32 Å². The third-order valence-corrected chi connectivity index (χ3v) is 0.703. The molecule has 0 aromatic carbocycles. The molecule has 0 saturated heterocycles. The van der Waals surface area contributed by atoms with E-state index in [1.54, 1.807) is 20.0 Å². The lowest BCUT2D eigenvalue weighted by molar-refractivity contribution is -0.122. The first-order valence-electron chi connectivity index (χ1n) is 2.37. The van der Waals surface area contributed by atoms with E-state index in [0.717, 1.165) is 0 Å². The quantitative estimate of drug-likeness (QED) is 0.390. The van der Waals surface area contributed by atoms with Crippen LogP contribution in [0.4, 0.5) is 0 Å². The third-order valence-electron chi connectivity index (χ3n) is 0.703. The van der Waals surface area contributed by atoms with Gasteiger partial charge in [-0.1, -0.05) is 13.8 Å². The summed E-state index contributed by atoms with van der Waals surface area (Å²) in [5.74, 6) is -0.331. The second-order valence-electron chi connectivity index (χ2n) is 1.76. The summed E-state index contributed by atoms with van der Waals surface area (Å²) < 4.78 is 0. The molecule has 44 valence electrons. The van der Waals surface area contributed by atoms with E-state index in [0.29, 0.717) is 0 Å². The van der Waals surface area contributed by atoms with Gasteiger partial charge in [0.15, 0.2) is 6.19 Å². The number of amides is 1. The van der Waals surface area contributed by atoms with Crippen molar-refractivity contribution in [2.45, 2.75) is 13.8 Å². The molecule has 0 heterocycles. The zero-order valence-electron chi connectivity index (χ0n) is 4.93. The van der Waals surface area contributed by atoms with Crippen molar-refractivity contribution in [3.8, 4) is 6.19 Å². The van der Waals surface area contributed by atoms with Crippen LogP contribution in [-0.2, 0) is 4.79 Å². The maximum atomic E-state index is 10.4. The summed E-state index contributed by atoms with van der Waals surface area (Å²) in [7, 11) is 0. The van der Waals surface area contributed by atoms with Crippen LogP contribution in [0.5, 0.6) is 0 Å². The molecule has 0 rings (SSSR count). The van der Waals surface area contributed by atoms with Crippen LogP contribution in [0.2, 0.25) is 0 Å². The van der Waals surface area contributed by atoms with Gasteiger partial charge in [0.1, 0.15) is 0 Å². The maximum absolute atomic E-state index is 10.4. The molecule has 0 radical (unpaired) electrons. The fraction of sp³-hybridized carbons (Fsp3) is 0.600. The predicted molar refractivity (Wildman–Crippen MR) is 28.6 cm³/mol. The Hall–Kier alpha value is -1.04. The summed E-state index contributed by atoms with van der Waals surface area (Å²) >= 11 is 0. The zero-order valence-corrected chi connectivity index (χ0v) is 4.93. The van der Waals surface area contributed by atoms with Crippen molar-refractivity contribution >= 4 is 5.91 Å². The molecular formula is C5H8N2O. The van der Waals surface area contributed by atoms with Crippen LogP contribution in [0.15, 0.2) is 0 Å². The predicted octanol–water partition coefficient (Wildman–Crippen LogP) is 0.240. The SMILES string of the molecule is CC(C)C(=O)NC#N. The number of carbonyl (C=O) groups excluding carboxylic acids is 1. The van der Waals surface area contributed by atoms with E-state index >= 15 is 0 Å². The summed E-state index contributed by atoms with van der Waals surface area (Å²) in [6.45, 7) is 3.46. The normalized spacial score (nSPS) is 8.25. The van der Waals surface area contributed by atoms with Crippen LogP contribution in [0.3, 0.4) is 0 Å². The molecule has 0 fully saturated rings. The smallest absolute Gasteiger partial charge is 0.235 e. The standard InChI is InChI=1S/C5H8N2O/c1-4(2)5(8)7-3-6/h4H,1-2H3,(H,7,8). The Morgan fingerprint density at radius 3 is 2.38 bits per heavy atom. The van der Waals surface area contributed by atoms with Crippen molar-refractivity contribution in [2.75, 3.05) is 0 Å². The molecule has 1 amide bonds. The van der Waals surface area contributed by atoms with Gasteiger partial charge < -0.3 is 0 Å². The minimum atomic E-state index is -0.229. The highest BCUT2D eigenvalue weighted by Gasteiger charge is 2.02. The van der Waals surface area contributed by atoms with Gasteiger partial charge in [0, 0.05) is 5.92 Å². The molecule has 8 heavy (non-hydrogen) atoms. The highest BCUT2D eigenvalue weighted by Crippen LogP contribution is 1.87. The molecule has 0 atom stereocenters. The van der Waals surface area contributed by atoms with Gasteiger partial charge in [0.2, 0.25) is 5.91 Å². The van der Waals surface area contributed by atoms with Crippen molar-refractivity contribution in [3.05, 3.63) is 0 Å². The van der Waals surface area contributed by atoms with E-state index in [1.807, 2.05) is 5.32 Å². The Bertz CT molecular complexity index is 123. The average molecular weight is 112 g/mol. The summed E-state index contributed by atoms with van der Waals surface area (Å²) in [6.07, 6.45) is 1.55. The topological polar surface area (TPSA) is 52.9 Å². The molecule has 0 aliphatic heterocycles. The van der Waals surface area contributed by atoms with Gasteiger partial charge in [-0.05, 0) is 0 Å². The molecule has 3 nitrogen and oxygen atoms in total. The van der Waals surface area contributed by atoms with Crippen LogP contribution in [-0.4, -0.2) is 5.91 Å². The van der Waals surface area contributed by atoms with Gasteiger partial charge in [0.05, 0.1) is 0 Å². The van der Waals surface area contributed by atoms with Crippen molar-refractivity contribution in [1.29, 1.82) is 5.26 Å². The van der Waals surface area contributed by atoms with Gasteiger partial charge in [-0.25, -0.2) is 0 Å². The lowest BCUT2D eigenvalue weighted by atomic mass is 10.2. The van der Waals surface area contributed by atoms with Gasteiger partial charge >= 0.3 is 0 Å².